The molecule has 1 aromatic rings. The van der Waals surface area contributed by atoms with E-state index in [9.17, 15) is 13.2 Å². The van der Waals surface area contributed by atoms with Gasteiger partial charge in [-0.2, -0.15) is 15.4 Å². The van der Waals surface area contributed by atoms with Crippen LogP contribution in [-0.2, 0) is 10.0 Å². The molecule has 8 nitrogen and oxygen atoms in total. The number of nitrogens with one attached hydrogen (secondary N) is 3. The van der Waals surface area contributed by atoms with Gasteiger partial charge in [-0.05, 0) is 7.05 Å². The Morgan fingerprint density at radius 2 is 2.33 bits per heavy atom. The SMILES string of the molecule is CNS(=O)(=O)CCNC(=O)c1cn[nH]n1. The van der Waals surface area contributed by atoms with Crippen LogP contribution in [0, 0.1) is 0 Å². The Morgan fingerprint density at radius 3 is 2.87 bits per heavy atom. The molecule has 0 spiro atoms. The van der Waals surface area contributed by atoms with E-state index in [1.807, 2.05) is 0 Å². The Bertz CT molecular complexity index is 412. The molecule has 0 aliphatic heterocycles. The van der Waals surface area contributed by atoms with Crippen molar-refractivity contribution < 1.29 is 13.2 Å². The van der Waals surface area contributed by atoms with Crippen LogP contribution in [0.25, 0.3) is 0 Å². The van der Waals surface area contributed by atoms with Crippen LogP contribution in [0.15, 0.2) is 6.20 Å². The summed E-state index contributed by atoms with van der Waals surface area (Å²) >= 11 is 0. The number of H-pyrrole nitrogens is 1. The lowest BCUT2D eigenvalue weighted by atomic mass is 10.4. The van der Waals surface area contributed by atoms with Crippen LogP contribution >= 0.6 is 0 Å². The van der Waals surface area contributed by atoms with E-state index < -0.39 is 15.9 Å². The van der Waals surface area contributed by atoms with E-state index in [1.165, 1.54) is 13.2 Å². The fourth-order valence-electron chi connectivity index (χ4n) is 0.803. The molecule has 1 heterocycles. The molecule has 1 rings (SSSR count). The highest BCUT2D eigenvalue weighted by Gasteiger charge is 2.10. The Balaban J connectivity index is 2.36. The predicted molar refractivity (Wildman–Crippen MR) is 51.6 cm³/mol. The number of carbonyl (C=O) groups excluding carboxylic acids is 1. The largest absolute Gasteiger partial charge is 0.350 e. The fourth-order valence-corrected chi connectivity index (χ4v) is 1.38. The zero-order valence-electron chi connectivity index (χ0n) is 8.02. The highest BCUT2D eigenvalue weighted by atomic mass is 32.2. The van der Waals surface area contributed by atoms with Crippen LogP contribution in [0.1, 0.15) is 10.5 Å². The van der Waals surface area contributed by atoms with E-state index >= 15 is 0 Å². The second-order valence-electron chi connectivity index (χ2n) is 2.63. The van der Waals surface area contributed by atoms with Crippen LogP contribution in [0.2, 0.25) is 0 Å². The molecule has 0 fully saturated rings. The molecule has 0 saturated carbocycles. The van der Waals surface area contributed by atoms with Crippen molar-refractivity contribution in [3.05, 3.63) is 11.9 Å². The highest BCUT2D eigenvalue weighted by molar-refractivity contribution is 7.89. The Kier molecular flexibility index (Phi) is 3.74. The van der Waals surface area contributed by atoms with Gasteiger partial charge in [0, 0.05) is 6.54 Å². The van der Waals surface area contributed by atoms with Crippen molar-refractivity contribution >= 4 is 15.9 Å². The summed E-state index contributed by atoms with van der Waals surface area (Å²) in [5.41, 5.74) is 0.122. The molecule has 0 bridgehead atoms. The molecule has 1 amide bonds. The lowest BCUT2D eigenvalue weighted by Gasteiger charge is -2.03. The van der Waals surface area contributed by atoms with Gasteiger partial charge in [0.15, 0.2) is 5.69 Å². The van der Waals surface area contributed by atoms with Gasteiger partial charge >= 0.3 is 0 Å². The number of rotatable bonds is 5. The van der Waals surface area contributed by atoms with Gasteiger partial charge < -0.3 is 5.32 Å². The number of sulfonamides is 1. The van der Waals surface area contributed by atoms with E-state index in [1.54, 1.807) is 0 Å². The minimum atomic E-state index is -3.29. The highest BCUT2D eigenvalue weighted by Crippen LogP contribution is 1.88. The first-order chi connectivity index (χ1) is 7.05. The second kappa shape index (κ2) is 4.84. The lowest BCUT2D eigenvalue weighted by molar-refractivity contribution is 0.0951. The van der Waals surface area contributed by atoms with E-state index in [2.05, 4.69) is 25.4 Å². The quantitative estimate of drug-likeness (QED) is 0.548. The van der Waals surface area contributed by atoms with Crippen LogP contribution in [0.4, 0.5) is 0 Å². The maximum atomic E-state index is 11.2. The first-order valence-corrected chi connectivity index (χ1v) is 5.75. The van der Waals surface area contributed by atoms with Gasteiger partial charge in [0.1, 0.15) is 0 Å². The van der Waals surface area contributed by atoms with Crippen molar-refractivity contribution in [2.45, 2.75) is 0 Å². The third-order valence-corrected chi connectivity index (χ3v) is 2.98. The first-order valence-electron chi connectivity index (χ1n) is 4.10. The smallest absolute Gasteiger partial charge is 0.273 e. The van der Waals surface area contributed by atoms with Gasteiger partial charge in [-0.15, -0.1) is 0 Å². The van der Waals surface area contributed by atoms with Gasteiger partial charge in [0.05, 0.1) is 11.9 Å². The molecule has 0 aromatic carbocycles. The number of nitrogens with zero attached hydrogens (tertiary/aromatic N) is 2. The van der Waals surface area contributed by atoms with Gasteiger partial charge in [-0.25, -0.2) is 13.1 Å². The summed E-state index contributed by atoms with van der Waals surface area (Å²) in [7, 11) is -1.98. The summed E-state index contributed by atoms with van der Waals surface area (Å²) in [5, 5.41) is 11.7. The Morgan fingerprint density at radius 1 is 1.60 bits per heavy atom. The molecule has 0 aliphatic rings. The summed E-state index contributed by atoms with van der Waals surface area (Å²) in [6, 6.07) is 0. The third kappa shape index (κ3) is 3.64. The number of hydrogen-bond acceptors (Lipinski definition) is 5. The molecule has 0 radical (unpaired) electrons. The monoisotopic (exact) mass is 233 g/mol. The van der Waals surface area contributed by atoms with Crippen molar-refractivity contribution in [1.82, 2.24) is 25.4 Å². The summed E-state index contributed by atoms with van der Waals surface area (Å²) in [5.74, 6) is -0.636. The molecule has 15 heavy (non-hydrogen) atoms. The lowest BCUT2D eigenvalue weighted by Crippen LogP contribution is -2.33. The number of aromatic amines is 1. The summed E-state index contributed by atoms with van der Waals surface area (Å²) in [4.78, 5) is 11.2. The molecule has 9 heteroatoms. The van der Waals surface area contributed by atoms with E-state index in [0.717, 1.165) is 0 Å². The molecule has 0 saturated heterocycles. The number of hydrogen-bond donors (Lipinski definition) is 3. The van der Waals surface area contributed by atoms with Crippen molar-refractivity contribution in [3.8, 4) is 0 Å². The maximum Gasteiger partial charge on any atom is 0.273 e. The Labute approximate surface area is 86.5 Å². The Hall–Kier alpha value is -1.48. The fraction of sp³-hybridized carbons (Fsp3) is 0.500. The molecule has 1 aromatic heterocycles. The summed E-state index contributed by atoms with van der Waals surface area (Å²) < 4.78 is 24.1. The van der Waals surface area contributed by atoms with Crippen LogP contribution < -0.4 is 10.0 Å². The number of aromatic nitrogens is 3. The summed E-state index contributed by atoms with van der Waals surface area (Å²) in [6.07, 6.45) is 1.25. The standard InChI is InChI=1S/C6H11N5O3S/c1-7-15(13,14)3-2-8-6(12)5-4-9-11-10-5/h4,7H,2-3H2,1H3,(H,8,12)(H,9,10,11). The molecular weight excluding hydrogens is 222 g/mol. The molecular formula is C6H11N5O3S. The normalized spacial score (nSPS) is 11.3. The predicted octanol–water partition coefficient (Wildman–Crippen LogP) is -1.92. The third-order valence-electron chi connectivity index (χ3n) is 1.62. The van der Waals surface area contributed by atoms with Crippen LogP contribution in [-0.4, -0.2) is 49.1 Å². The summed E-state index contributed by atoms with van der Waals surface area (Å²) in [6.45, 7) is 0.0227. The molecule has 84 valence electrons. The number of carbonyl (C=O) groups is 1. The van der Waals surface area contributed by atoms with Gasteiger partial charge in [-0.3, -0.25) is 4.79 Å². The minimum Gasteiger partial charge on any atom is -0.350 e. The number of amides is 1. The molecule has 0 unspecified atom stereocenters. The molecule has 0 atom stereocenters. The van der Waals surface area contributed by atoms with Gasteiger partial charge in [0.2, 0.25) is 10.0 Å². The van der Waals surface area contributed by atoms with Gasteiger partial charge in [-0.1, -0.05) is 0 Å². The second-order valence-corrected chi connectivity index (χ2v) is 4.68. The van der Waals surface area contributed by atoms with Crippen molar-refractivity contribution in [2.24, 2.45) is 0 Å². The van der Waals surface area contributed by atoms with Crippen molar-refractivity contribution in [1.29, 1.82) is 0 Å². The average molecular weight is 233 g/mol. The zero-order valence-corrected chi connectivity index (χ0v) is 8.84. The average Bonchev–Trinajstić information content (AvgIpc) is 2.70. The van der Waals surface area contributed by atoms with Gasteiger partial charge in [0.25, 0.3) is 5.91 Å². The zero-order chi connectivity index (χ0) is 11.3. The van der Waals surface area contributed by atoms with Crippen molar-refractivity contribution in [2.75, 3.05) is 19.3 Å². The van der Waals surface area contributed by atoms with E-state index in [0.29, 0.717) is 0 Å². The van der Waals surface area contributed by atoms with Crippen LogP contribution in [0.5, 0.6) is 0 Å². The van der Waals surface area contributed by atoms with Crippen molar-refractivity contribution in [3.63, 3.8) is 0 Å². The van der Waals surface area contributed by atoms with E-state index in [4.69, 9.17) is 0 Å². The first kappa shape index (κ1) is 11.6. The maximum absolute atomic E-state index is 11.2. The molecule has 3 N–H and O–H groups in total. The van der Waals surface area contributed by atoms with E-state index in [-0.39, 0.29) is 18.0 Å². The topological polar surface area (TPSA) is 117 Å². The molecule has 0 aliphatic carbocycles. The minimum absolute atomic E-state index is 0.0227. The van der Waals surface area contributed by atoms with Crippen LogP contribution in [0.3, 0.4) is 0 Å².